The molecule has 2 rings (SSSR count). The molecule has 0 radical (unpaired) electrons. The average Bonchev–Trinajstić information content (AvgIpc) is 3.13. The molecule has 29 heavy (non-hydrogen) atoms. The first-order valence-electron chi connectivity index (χ1n) is 9.93. The highest BCUT2D eigenvalue weighted by Crippen LogP contribution is 2.32. The van der Waals surface area contributed by atoms with Gasteiger partial charge in [0, 0.05) is 6.20 Å². The number of carbonyl (C=O) groups is 1. The van der Waals surface area contributed by atoms with Crippen molar-refractivity contribution in [2.75, 3.05) is 18.5 Å². The van der Waals surface area contributed by atoms with Gasteiger partial charge in [-0.15, -0.1) is 0 Å². The van der Waals surface area contributed by atoms with Crippen molar-refractivity contribution in [1.29, 1.82) is 5.26 Å². The Morgan fingerprint density at radius 1 is 1.48 bits per heavy atom. The molecule has 2 N–H and O–H groups in total. The lowest BCUT2D eigenvalue weighted by Crippen LogP contribution is -2.30. The molecule has 9 nitrogen and oxygen atoms in total. The van der Waals surface area contributed by atoms with Crippen LogP contribution in [-0.4, -0.2) is 40.1 Å². The van der Waals surface area contributed by atoms with Gasteiger partial charge in [0.05, 0.1) is 31.3 Å². The molecule has 1 aromatic heterocycles. The van der Waals surface area contributed by atoms with Gasteiger partial charge in [-0.05, 0) is 44.6 Å². The summed E-state index contributed by atoms with van der Waals surface area (Å²) >= 11 is 0. The molecular weight excluding hydrogens is 376 g/mol. The zero-order valence-electron chi connectivity index (χ0n) is 16.6. The van der Waals surface area contributed by atoms with Gasteiger partial charge in [-0.2, -0.15) is 10.2 Å². The summed E-state index contributed by atoms with van der Waals surface area (Å²) in [5.41, 5.74) is -0.660. The van der Waals surface area contributed by atoms with Crippen LogP contribution in [0.5, 0.6) is 0 Å². The Kier molecular flexibility index (Phi) is 9.34. The summed E-state index contributed by atoms with van der Waals surface area (Å²) in [6, 6.07) is 3.52. The highest BCUT2D eigenvalue weighted by atomic mass is 16.5. The lowest BCUT2D eigenvalue weighted by molar-refractivity contribution is -0.0304. The van der Waals surface area contributed by atoms with Gasteiger partial charge < -0.3 is 14.6 Å². The molecule has 1 fully saturated rings. The number of aromatic nitrogens is 2. The van der Waals surface area contributed by atoms with Gasteiger partial charge >= 0.3 is 11.8 Å². The minimum Gasteiger partial charge on any atom is -0.449 e. The number of anilines is 1. The van der Waals surface area contributed by atoms with Gasteiger partial charge in [0.25, 0.3) is 0 Å². The van der Waals surface area contributed by atoms with Crippen molar-refractivity contribution in [1.82, 2.24) is 9.55 Å². The summed E-state index contributed by atoms with van der Waals surface area (Å²) in [5.74, 6) is -0.501. The molecule has 9 heteroatoms. The van der Waals surface area contributed by atoms with E-state index in [9.17, 15) is 20.0 Å². The van der Waals surface area contributed by atoms with Crippen LogP contribution < -0.4 is 11.0 Å². The third kappa shape index (κ3) is 7.00. The molecule has 0 aromatic carbocycles. The summed E-state index contributed by atoms with van der Waals surface area (Å²) < 4.78 is 11.8. The number of unbranched alkanes of at least 4 members (excludes halogenated alkanes) is 3. The fraction of sp³-hybridized carbons (Fsp3) is 0.600. The van der Waals surface area contributed by atoms with Crippen LogP contribution in [-0.2, 0) is 9.47 Å². The number of allylic oxidation sites excluding steroid dienone is 2. The van der Waals surface area contributed by atoms with Crippen LogP contribution in [0.15, 0.2) is 29.2 Å². The fourth-order valence-electron chi connectivity index (χ4n) is 3.05. The molecule has 1 amide bonds. The van der Waals surface area contributed by atoms with Gasteiger partial charge in [-0.3, -0.25) is 9.88 Å². The molecule has 0 bridgehead atoms. The largest absolute Gasteiger partial charge is 0.449 e. The second-order valence-corrected chi connectivity index (χ2v) is 6.80. The zero-order chi connectivity index (χ0) is 21.1. The molecule has 0 saturated carbocycles. The number of ether oxygens (including phenoxy) is 2. The summed E-state index contributed by atoms with van der Waals surface area (Å²) in [4.78, 5) is 27.9. The quantitative estimate of drug-likeness (QED) is 0.453. The van der Waals surface area contributed by atoms with E-state index in [1.807, 2.05) is 0 Å². The first-order valence-corrected chi connectivity index (χ1v) is 9.93. The summed E-state index contributed by atoms with van der Waals surface area (Å²) in [7, 11) is 0. The van der Waals surface area contributed by atoms with E-state index in [1.54, 1.807) is 0 Å². The van der Waals surface area contributed by atoms with Crippen LogP contribution in [0.25, 0.3) is 0 Å². The van der Waals surface area contributed by atoms with Crippen molar-refractivity contribution in [3.63, 3.8) is 0 Å². The number of amides is 1. The Balaban J connectivity index is 1.80. The van der Waals surface area contributed by atoms with Crippen molar-refractivity contribution in [3.8, 4) is 6.07 Å². The SMILES string of the molecule is CC/C=C\CCCCCOC(=O)Nc1ccn([C@@H]2O[C@H](CO)C[C@@H]2C#N)c(=O)n1. The van der Waals surface area contributed by atoms with Crippen molar-refractivity contribution < 1.29 is 19.4 Å². The highest BCUT2D eigenvalue weighted by molar-refractivity contribution is 5.83. The molecule has 2 heterocycles. The van der Waals surface area contributed by atoms with Gasteiger partial charge in [0.15, 0.2) is 6.23 Å². The minimum absolute atomic E-state index is 0.0613. The molecular formula is C20H28N4O5. The lowest BCUT2D eigenvalue weighted by Gasteiger charge is -2.16. The standard InChI is InChI=1S/C20H28N4O5/c1-2-3-4-5-6-7-8-11-28-20(27)23-17-9-10-24(19(26)22-17)18-15(13-21)12-16(14-25)29-18/h3-4,9-10,15-16,18,25H,2,5-8,11-12,14H2,1H3,(H,22,23,26,27)/b4-3-/t15-,16+,18-/m1/s1. The summed E-state index contributed by atoms with van der Waals surface area (Å²) in [6.07, 6.45) is 8.89. The number of aliphatic hydroxyl groups is 1. The molecule has 1 aliphatic heterocycles. The number of aliphatic hydroxyl groups excluding tert-OH is 1. The Hall–Kier alpha value is -2.70. The topological polar surface area (TPSA) is 126 Å². The highest BCUT2D eigenvalue weighted by Gasteiger charge is 2.36. The molecule has 3 atom stereocenters. The van der Waals surface area contributed by atoms with E-state index in [4.69, 9.17) is 9.47 Å². The van der Waals surface area contributed by atoms with Gasteiger partial charge in [-0.1, -0.05) is 19.1 Å². The monoisotopic (exact) mass is 404 g/mol. The normalized spacial score (nSPS) is 21.2. The second kappa shape index (κ2) is 12.0. The van der Waals surface area contributed by atoms with Crippen molar-refractivity contribution in [3.05, 3.63) is 34.9 Å². The zero-order valence-corrected chi connectivity index (χ0v) is 16.6. The molecule has 0 unspecified atom stereocenters. The maximum Gasteiger partial charge on any atom is 0.412 e. The first-order chi connectivity index (χ1) is 14.1. The predicted molar refractivity (Wildman–Crippen MR) is 106 cm³/mol. The fourth-order valence-corrected chi connectivity index (χ4v) is 3.05. The lowest BCUT2D eigenvalue weighted by atomic mass is 10.1. The molecule has 1 aliphatic rings. The van der Waals surface area contributed by atoms with Crippen LogP contribution in [0.2, 0.25) is 0 Å². The van der Waals surface area contributed by atoms with E-state index in [0.29, 0.717) is 13.0 Å². The molecule has 158 valence electrons. The summed E-state index contributed by atoms with van der Waals surface area (Å²) in [5, 5.41) is 20.9. The molecule has 0 spiro atoms. The number of nitrogens with one attached hydrogen (secondary N) is 1. The van der Waals surface area contributed by atoms with E-state index in [1.165, 1.54) is 16.8 Å². The number of rotatable bonds is 10. The Labute approximate surface area is 170 Å². The first kappa shape index (κ1) is 22.6. The number of nitriles is 1. The molecule has 1 saturated heterocycles. The number of hydrogen-bond donors (Lipinski definition) is 2. The van der Waals surface area contributed by atoms with Crippen LogP contribution in [0.3, 0.4) is 0 Å². The average molecular weight is 404 g/mol. The smallest absolute Gasteiger partial charge is 0.412 e. The van der Waals surface area contributed by atoms with E-state index in [0.717, 1.165) is 32.1 Å². The van der Waals surface area contributed by atoms with Crippen LogP contribution in [0.4, 0.5) is 10.6 Å². The van der Waals surface area contributed by atoms with Crippen molar-refractivity contribution in [2.45, 2.75) is 57.8 Å². The van der Waals surface area contributed by atoms with Crippen LogP contribution in [0, 0.1) is 17.2 Å². The minimum atomic E-state index is -0.815. The van der Waals surface area contributed by atoms with Crippen molar-refractivity contribution in [2.24, 2.45) is 5.92 Å². The Morgan fingerprint density at radius 3 is 3.00 bits per heavy atom. The maximum absolute atomic E-state index is 12.3. The molecule has 1 aromatic rings. The predicted octanol–water partition coefficient (Wildman–Crippen LogP) is 2.74. The Morgan fingerprint density at radius 2 is 2.31 bits per heavy atom. The van der Waals surface area contributed by atoms with Crippen LogP contribution >= 0.6 is 0 Å². The van der Waals surface area contributed by atoms with Gasteiger partial charge in [0.2, 0.25) is 0 Å². The van der Waals surface area contributed by atoms with E-state index in [2.05, 4.69) is 35.4 Å². The summed E-state index contributed by atoms with van der Waals surface area (Å²) in [6.45, 7) is 2.17. The second-order valence-electron chi connectivity index (χ2n) is 6.80. The number of hydrogen-bond acceptors (Lipinski definition) is 7. The van der Waals surface area contributed by atoms with Gasteiger partial charge in [0.1, 0.15) is 5.82 Å². The molecule has 0 aliphatic carbocycles. The van der Waals surface area contributed by atoms with Crippen LogP contribution in [0.1, 0.15) is 51.7 Å². The van der Waals surface area contributed by atoms with Crippen molar-refractivity contribution >= 4 is 11.9 Å². The van der Waals surface area contributed by atoms with Gasteiger partial charge in [-0.25, -0.2) is 9.59 Å². The third-order valence-corrected chi connectivity index (χ3v) is 4.55. The third-order valence-electron chi connectivity index (χ3n) is 4.55. The Bertz CT molecular complexity index is 786. The number of carbonyl (C=O) groups excluding carboxylic acids is 1. The number of nitrogens with zero attached hydrogens (tertiary/aromatic N) is 3. The maximum atomic E-state index is 12.3. The van der Waals surface area contributed by atoms with E-state index < -0.39 is 30.0 Å². The van der Waals surface area contributed by atoms with E-state index in [-0.39, 0.29) is 12.4 Å². The van der Waals surface area contributed by atoms with E-state index >= 15 is 0 Å².